The third-order valence-electron chi connectivity index (χ3n) is 4.69. The molecule has 0 spiro atoms. The first kappa shape index (κ1) is 15.8. The number of primary amides is 1. The lowest BCUT2D eigenvalue weighted by Gasteiger charge is -2.39. The quantitative estimate of drug-likeness (QED) is 0.845. The molecule has 4 nitrogen and oxygen atoms in total. The second-order valence-corrected chi connectivity index (χ2v) is 6.07. The van der Waals surface area contributed by atoms with E-state index in [9.17, 15) is 4.79 Å². The number of benzene rings is 1. The predicted octanol–water partition coefficient (Wildman–Crippen LogP) is 2.36. The molecule has 1 aliphatic carbocycles. The zero-order chi connectivity index (χ0) is 15.3. The number of hydrogen-bond acceptors (Lipinski definition) is 3. The fourth-order valence-corrected chi connectivity index (χ4v) is 3.19. The minimum Gasteiger partial charge on any atom is -0.497 e. The van der Waals surface area contributed by atoms with Crippen LogP contribution < -0.4 is 15.8 Å². The summed E-state index contributed by atoms with van der Waals surface area (Å²) in [4.78, 5) is 11.2. The van der Waals surface area contributed by atoms with Crippen molar-refractivity contribution in [3.63, 3.8) is 0 Å². The topological polar surface area (TPSA) is 64.3 Å². The fourth-order valence-electron chi connectivity index (χ4n) is 3.19. The van der Waals surface area contributed by atoms with Crippen LogP contribution in [0.3, 0.4) is 0 Å². The average molecular weight is 290 g/mol. The van der Waals surface area contributed by atoms with Crippen molar-refractivity contribution in [1.29, 1.82) is 0 Å². The van der Waals surface area contributed by atoms with Gasteiger partial charge in [-0.15, -0.1) is 0 Å². The number of methoxy groups -OCH3 is 1. The van der Waals surface area contributed by atoms with Crippen molar-refractivity contribution < 1.29 is 9.53 Å². The van der Waals surface area contributed by atoms with E-state index >= 15 is 0 Å². The Morgan fingerprint density at radius 2 is 1.90 bits per heavy atom. The van der Waals surface area contributed by atoms with Crippen LogP contribution in [-0.4, -0.2) is 25.6 Å². The minimum atomic E-state index is -0.296. The van der Waals surface area contributed by atoms with Crippen molar-refractivity contribution in [1.82, 2.24) is 5.32 Å². The van der Waals surface area contributed by atoms with Gasteiger partial charge in [-0.3, -0.25) is 4.79 Å². The van der Waals surface area contributed by atoms with Crippen molar-refractivity contribution >= 4 is 5.91 Å². The summed E-state index contributed by atoms with van der Waals surface area (Å²) in [6, 6.07) is 8.05. The van der Waals surface area contributed by atoms with Crippen LogP contribution in [0.2, 0.25) is 0 Å². The van der Waals surface area contributed by atoms with E-state index < -0.39 is 0 Å². The smallest absolute Gasteiger partial charge is 0.234 e. The van der Waals surface area contributed by atoms with Gasteiger partial charge in [-0.05, 0) is 37.5 Å². The van der Waals surface area contributed by atoms with Gasteiger partial charge < -0.3 is 15.8 Å². The molecule has 0 bridgehead atoms. The molecule has 0 aromatic heterocycles. The highest BCUT2D eigenvalue weighted by Crippen LogP contribution is 2.39. The Balaban J connectivity index is 2.17. The minimum absolute atomic E-state index is 0.105. The molecular weight excluding hydrogens is 264 g/mol. The molecule has 0 saturated heterocycles. The predicted molar refractivity (Wildman–Crippen MR) is 84.4 cm³/mol. The highest BCUT2D eigenvalue weighted by Gasteiger charge is 2.34. The van der Waals surface area contributed by atoms with Crippen LogP contribution in [0.15, 0.2) is 24.3 Å². The van der Waals surface area contributed by atoms with Gasteiger partial charge in [0.2, 0.25) is 5.91 Å². The molecule has 0 heterocycles. The Kier molecular flexibility index (Phi) is 5.23. The first-order chi connectivity index (χ1) is 10.1. The highest BCUT2D eigenvalue weighted by atomic mass is 16.5. The van der Waals surface area contributed by atoms with Gasteiger partial charge in [-0.2, -0.15) is 0 Å². The SMILES string of the molecule is COc1ccc(C2(CN[C@@H](C)C(N)=O)CCCCC2)cc1. The number of nitrogens with two attached hydrogens (primary N) is 1. The zero-order valence-electron chi connectivity index (χ0n) is 13.0. The van der Waals surface area contributed by atoms with Gasteiger partial charge in [-0.1, -0.05) is 31.4 Å². The number of rotatable bonds is 6. The largest absolute Gasteiger partial charge is 0.497 e. The number of ether oxygens (including phenoxy) is 1. The molecule has 21 heavy (non-hydrogen) atoms. The second kappa shape index (κ2) is 6.94. The third kappa shape index (κ3) is 3.76. The lowest BCUT2D eigenvalue weighted by molar-refractivity contribution is -0.119. The van der Waals surface area contributed by atoms with Crippen LogP contribution in [0.1, 0.15) is 44.6 Å². The summed E-state index contributed by atoms with van der Waals surface area (Å²) in [7, 11) is 1.68. The number of nitrogens with one attached hydrogen (secondary N) is 1. The maximum absolute atomic E-state index is 11.2. The van der Waals surface area contributed by atoms with Crippen molar-refractivity contribution in [2.75, 3.05) is 13.7 Å². The Morgan fingerprint density at radius 3 is 2.43 bits per heavy atom. The van der Waals surface area contributed by atoms with E-state index in [-0.39, 0.29) is 17.4 Å². The molecular formula is C17H26N2O2. The standard InChI is InChI=1S/C17H26N2O2/c1-13(16(18)20)19-12-17(10-4-3-5-11-17)14-6-8-15(21-2)9-7-14/h6-9,13,19H,3-5,10-12H2,1-2H3,(H2,18,20)/t13-/m0/s1. The number of carbonyl (C=O) groups excluding carboxylic acids is 1. The van der Waals surface area contributed by atoms with Crippen LogP contribution in [0.25, 0.3) is 0 Å². The van der Waals surface area contributed by atoms with Gasteiger partial charge in [0.25, 0.3) is 0 Å². The number of hydrogen-bond donors (Lipinski definition) is 2. The molecule has 1 fully saturated rings. The van der Waals surface area contributed by atoms with E-state index in [4.69, 9.17) is 10.5 Å². The molecule has 1 saturated carbocycles. The zero-order valence-corrected chi connectivity index (χ0v) is 13.0. The van der Waals surface area contributed by atoms with E-state index in [1.807, 2.05) is 19.1 Å². The van der Waals surface area contributed by atoms with Gasteiger partial charge in [0.15, 0.2) is 0 Å². The summed E-state index contributed by atoms with van der Waals surface area (Å²) >= 11 is 0. The van der Waals surface area contributed by atoms with E-state index in [1.165, 1.54) is 24.8 Å². The van der Waals surface area contributed by atoms with Gasteiger partial charge in [-0.25, -0.2) is 0 Å². The van der Waals surface area contributed by atoms with Crippen molar-refractivity contribution in [3.8, 4) is 5.75 Å². The van der Waals surface area contributed by atoms with Crippen LogP contribution in [0.5, 0.6) is 5.75 Å². The molecule has 2 rings (SSSR count). The van der Waals surface area contributed by atoms with Crippen LogP contribution in [0, 0.1) is 0 Å². The summed E-state index contributed by atoms with van der Waals surface area (Å²) in [5, 5.41) is 3.31. The van der Waals surface area contributed by atoms with Gasteiger partial charge >= 0.3 is 0 Å². The summed E-state index contributed by atoms with van der Waals surface area (Å²) in [6.45, 7) is 2.62. The molecule has 1 amide bonds. The van der Waals surface area contributed by atoms with Crippen molar-refractivity contribution in [2.45, 2.75) is 50.5 Å². The summed E-state index contributed by atoms with van der Waals surface area (Å²) in [5.74, 6) is 0.582. The van der Waals surface area contributed by atoms with Crippen molar-refractivity contribution in [2.24, 2.45) is 5.73 Å². The first-order valence-corrected chi connectivity index (χ1v) is 7.75. The van der Waals surface area contributed by atoms with E-state index in [0.717, 1.165) is 25.1 Å². The molecule has 0 unspecified atom stereocenters. The Hall–Kier alpha value is -1.55. The summed E-state index contributed by atoms with van der Waals surface area (Å²) < 4.78 is 5.24. The lowest BCUT2D eigenvalue weighted by atomic mass is 9.69. The average Bonchev–Trinajstić information content (AvgIpc) is 2.53. The molecule has 1 atom stereocenters. The monoisotopic (exact) mass is 290 g/mol. The van der Waals surface area contributed by atoms with Gasteiger partial charge in [0.1, 0.15) is 5.75 Å². The molecule has 3 N–H and O–H groups in total. The summed E-state index contributed by atoms with van der Waals surface area (Å²) in [6.07, 6.45) is 6.07. The van der Waals surface area contributed by atoms with Crippen molar-refractivity contribution in [3.05, 3.63) is 29.8 Å². The number of amides is 1. The van der Waals surface area contributed by atoms with E-state index in [0.29, 0.717) is 0 Å². The van der Waals surface area contributed by atoms with E-state index in [1.54, 1.807) is 7.11 Å². The number of carbonyl (C=O) groups is 1. The molecule has 0 radical (unpaired) electrons. The molecule has 4 heteroatoms. The molecule has 1 aliphatic rings. The normalized spacial score (nSPS) is 19.0. The van der Waals surface area contributed by atoms with Gasteiger partial charge in [0, 0.05) is 12.0 Å². The van der Waals surface area contributed by atoms with Crippen LogP contribution >= 0.6 is 0 Å². The molecule has 1 aromatic rings. The third-order valence-corrected chi connectivity index (χ3v) is 4.69. The van der Waals surface area contributed by atoms with Gasteiger partial charge in [0.05, 0.1) is 13.2 Å². The maximum Gasteiger partial charge on any atom is 0.234 e. The summed E-state index contributed by atoms with van der Waals surface area (Å²) in [5.41, 5.74) is 6.78. The Labute approximate surface area is 127 Å². The maximum atomic E-state index is 11.2. The molecule has 116 valence electrons. The van der Waals surface area contributed by atoms with Crippen LogP contribution in [0.4, 0.5) is 0 Å². The molecule has 1 aromatic carbocycles. The van der Waals surface area contributed by atoms with E-state index in [2.05, 4.69) is 17.4 Å². The Bertz CT molecular complexity index is 464. The molecule has 0 aliphatic heterocycles. The second-order valence-electron chi connectivity index (χ2n) is 6.07. The Morgan fingerprint density at radius 1 is 1.29 bits per heavy atom. The fraction of sp³-hybridized carbons (Fsp3) is 0.588. The van der Waals surface area contributed by atoms with Crippen LogP contribution in [-0.2, 0) is 10.2 Å². The first-order valence-electron chi connectivity index (χ1n) is 7.75. The highest BCUT2D eigenvalue weighted by molar-refractivity contribution is 5.79. The lowest BCUT2D eigenvalue weighted by Crippen LogP contribution is -2.47.